The maximum Gasteiger partial charge on any atom is 0.162 e. The molecule has 0 aromatic carbocycles. The Labute approximate surface area is 77.0 Å². The number of rotatable bonds is 2. The van der Waals surface area contributed by atoms with E-state index in [2.05, 4.69) is 15.9 Å². The molecule has 0 amide bonds. The van der Waals surface area contributed by atoms with E-state index in [4.69, 9.17) is 0 Å². The van der Waals surface area contributed by atoms with Crippen LogP contribution in [0.25, 0.3) is 0 Å². The number of thiophene rings is 1. The van der Waals surface area contributed by atoms with Crippen molar-refractivity contribution in [1.82, 2.24) is 0 Å². The number of hydrogen-bond donors (Lipinski definition) is 1. The summed E-state index contributed by atoms with van der Waals surface area (Å²) < 4.78 is 0.796. The summed E-state index contributed by atoms with van der Waals surface area (Å²) in [5.41, 5.74) is 0.655. The molecule has 60 valence electrons. The van der Waals surface area contributed by atoms with Gasteiger partial charge in [-0.25, -0.2) is 0 Å². The molecule has 0 saturated heterocycles. The Bertz CT molecular complexity index is 269. The van der Waals surface area contributed by atoms with Crippen LogP contribution in [0.5, 0.6) is 0 Å². The molecule has 0 radical (unpaired) electrons. The van der Waals surface area contributed by atoms with E-state index in [0.717, 1.165) is 4.47 Å². The molecule has 0 fully saturated rings. The van der Waals surface area contributed by atoms with Gasteiger partial charge in [0.2, 0.25) is 0 Å². The Morgan fingerprint density at radius 1 is 1.73 bits per heavy atom. The molecule has 4 heteroatoms. The molecule has 1 aromatic rings. The van der Waals surface area contributed by atoms with Crippen LogP contribution in [0.15, 0.2) is 15.2 Å². The third kappa shape index (κ3) is 1.89. The number of Topliss-reactive ketones (excluding diaryl/α,β-unsaturated/α-hetero) is 1. The smallest absolute Gasteiger partial charge is 0.162 e. The number of carbonyl (C=O) groups is 1. The molecule has 1 N–H and O–H groups in total. The van der Waals surface area contributed by atoms with Gasteiger partial charge in [-0.3, -0.25) is 4.79 Å². The highest BCUT2D eigenvalue weighted by Gasteiger charge is 2.15. The topological polar surface area (TPSA) is 37.3 Å². The average Bonchev–Trinajstić information content (AvgIpc) is 2.33. The van der Waals surface area contributed by atoms with Crippen LogP contribution in [0.2, 0.25) is 0 Å². The number of aliphatic hydroxyl groups is 1. The predicted octanol–water partition coefficient (Wildman–Crippen LogP) is 2.13. The monoisotopic (exact) mass is 234 g/mol. The Balaban J connectivity index is 2.92. The van der Waals surface area contributed by atoms with Crippen molar-refractivity contribution in [2.45, 2.75) is 13.0 Å². The lowest BCUT2D eigenvalue weighted by atomic mass is 10.1. The van der Waals surface area contributed by atoms with Gasteiger partial charge in [0.25, 0.3) is 0 Å². The summed E-state index contributed by atoms with van der Waals surface area (Å²) in [4.78, 5) is 10.7. The second-order valence-electron chi connectivity index (χ2n) is 2.19. The highest BCUT2D eigenvalue weighted by Crippen LogP contribution is 2.27. The van der Waals surface area contributed by atoms with Crippen LogP contribution in [0, 0.1) is 0 Å². The number of hydrogen-bond acceptors (Lipinski definition) is 3. The summed E-state index contributed by atoms with van der Waals surface area (Å²) in [7, 11) is 0. The van der Waals surface area contributed by atoms with Crippen LogP contribution in [0.4, 0.5) is 0 Å². The zero-order valence-electron chi connectivity index (χ0n) is 5.87. The maximum absolute atomic E-state index is 10.7. The van der Waals surface area contributed by atoms with E-state index in [1.807, 2.05) is 5.38 Å². The summed E-state index contributed by atoms with van der Waals surface area (Å²) >= 11 is 4.69. The third-order valence-electron chi connectivity index (χ3n) is 1.32. The van der Waals surface area contributed by atoms with Crippen LogP contribution >= 0.6 is 27.3 Å². The highest BCUT2D eigenvalue weighted by atomic mass is 79.9. The van der Waals surface area contributed by atoms with E-state index in [-0.39, 0.29) is 5.78 Å². The molecule has 0 aliphatic rings. The largest absolute Gasteiger partial charge is 0.380 e. The van der Waals surface area contributed by atoms with Crippen molar-refractivity contribution in [1.29, 1.82) is 0 Å². The zero-order valence-corrected chi connectivity index (χ0v) is 8.28. The molecule has 0 aliphatic heterocycles. The first-order chi connectivity index (χ1) is 5.13. The molecule has 1 aromatic heterocycles. The van der Waals surface area contributed by atoms with E-state index < -0.39 is 6.10 Å². The number of carbonyl (C=O) groups excluding carboxylic acids is 1. The van der Waals surface area contributed by atoms with E-state index >= 15 is 0 Å². The molecule has 0 spiro atoms. The van der Waals surface area contributed by atoms with Crippen molar-refractivity contribution in [3.8, 4) is 0 Å². The molecule has 2 nitrogen and oxygen atoms in total. The standard InChI is InChI=1S/C7H7BrO2S/c1-4(9)7(10)5-2-11-3-6(5)8/h2-3,7,10H,1H3. The fraction of sp³-hybridized carbons (Fsp3) is 0.286. The number of halogens is 1. The Kier molecular flexibility index (Phi) is 2.81. The average molecular weight is 235 g/mol. The Morgan fingerprint density at radius 3 is 2.73 bits per heavy atom. The second-order valence-corrected chi connectivity index (χ2v) is 3.79. The van der Waals surface area contributed by atoms with Crippen LogP contribution in [-0.4, -0.2) is 10.9 Å². The molecule has 1 rings (SSSR count). The summed E-state index contributed by atoms with van der Waals surface area (Å²) in [6.45, 7) is 1.37. The molecule has 11 heavy (non-hydrogen) atoms. The molecule has 0 bridgehead atoms. The minimum Gasteiger partial charge on any atom is -0.380 e. The van der Waals surface area contributed by atoms with E-state index in [1.54, 1.807) is 5.38 Å². The van der Waals surface area contributed by atoms with Crippen molar-refractivity contribution >= 4 is 33.0 Å². The van der Waals surface area contributed by atoms with Gasteiger partial charge in [-0.15, -0.1) is 0 Å². The van der Waals surface area contributed by atoms with Gasteiger partial charge in [-0.1, -0.05) is 0 Å². The second kappa shape index (κ2) is 3.47. The quantitative estimate of drug-likeness (QED) is 0.852. The summed E-state index contributed by atoms with van der Waals surface area (Å²) in [6, 6.07) is 0. The molecular weight excluding hydrogens is 228 g/mol. The number of ketones is 1. The minimum absolute atomic E-state index is 0.232. The van der Waals surface area contributed by atoms with E-state index in [0.29, 0.717) is 5.56 Å². The van der Waals surface area contributed by atoms with Gasteiger partial charge in [0.05, 0.1) is 0 Å². The fourth-order valence-corrected chi connectivity index (χ4v) is 2.24. The maximum atomic E-state index is 10.7. The van der Waals surface area contributed by atoms with Crippen molar-refractivity contribution in [3.05, 3.63) is 20.8 Å². The van der Waals surface area contributed by atoms with E-state index in [1.165, 1.54) is 18.3 Å². The van der Waals surface area contributed by atoms with Crippen molar-refractivity contribution < 1.29 is 9.90 Å². The van der Waals surface area contributed by atoms with Crippen LogP contribution in [0.1, 0.15) is 18.6 Å². The van der Waals surface area contributed by atoms with Gasteiger partial charge >= 0.3 is 0 Å². The van der Waals surface area contributed by atoms with Crippen LogP contribution in [-0.2, 0) is 4.79 Å². The van der Waals surface area contributed by atoms with Gasteiger partial charge in [-0.2, -0.15) is 11.3 Å². The molecule has 1 unspecified atom stereocenters. The lowest BCUT2D eigenvalue weighted by Gasteiger charge is -2.03. The van der Waals surface area contributed by atoms with Gasteiger partial charge in [0.15, 0.2) is 5.78 Å². The first-order valence-electron chi connectivity index (χ1n) is 3.03. The van der Waals surface area contributed by atoms with Gasteiger partial charge in [-0.05, 0) is 28.2 Å². The van der Waals surface area contributed by atoms with Crippen molar-refractivity contribution in [2.24, 2.45) is 0 Å². The van der Waals surface area contributed by atoms with Crippen LogP contribution < -0.4 is 0 Å². The summed E-state index contributed by atoms with van der Waals surface area (Å²) in [5, 5.41) is 12.9. The first kappa shape index (κ1) is 8.90. The fourth-order valence-electron chi connectivity index (χ4n) is 0.705. The lowest BCUT2D eigenvalue weighted by molar-refractivity contribution is -0.125. The molecule has 1 atom stereocenters. The summed E-state index contributed by atoms with van der Waals surface area (Å²) in [6.07, 6.45) is -0.976. The Hall–Kier alpha value is -0.190. The predicted molar refractivity (Wildman–Crippen MR) is 47.7 cm³/mol. The third-order valence-corrected chi connectivity index (χ3v) is 3.07. The van der Waals surface area contributed by atoms with Crippen molar-refractivity contribution in [3.63, 3.8) is 0 Å². The minimum atomic E-state index is -0.976. The molecule has 0 aliphatic carbocycles. The SMILES string of the molecule is CC(=O)C(O)c1cscc1Br. The molecular formula is C7H7BrO2S. The zero-order chi connectivity index (χ0) is 8.43. The lowest BCUT2D eigenvalue weighted by Crippen LogP contribution is -2.06. The van der Waals surface area contributed by atoms with Gasteiger partial charge in [0, 0.05) is 15.4 Å². The summed E-state index contributed by atoms with van der Waals surface area (Å²) in [5.74, 6) is -0.232. The van der Waals surface area contributed by atoms with E-state index in [9.17, 15) is 9.90 Å². The Morgan fingerprint density at radius 2 is 2.36 bits per heavy atom. The highest BCUT2D eigenvalue weighted by molar-refractivity contribution is 9.10. The first-order valence-corrected chi connectivity index (χ1v) is 4.76. The van der Waals surface area contributed by atoms with Crippen LogP contribution in [0.3, 0.4) is 0 Å². The number of aliphatic hydroxyl groups excluding tert-OH is 1. The van der Waals surface area contributed by atoms with Crippen molar-refractivity contribution in [2.75, 3.05) is 0 Å². The normalized spacial score (nSPS) is 13.0. The van der Waals surface area contributed by atoms with Gasteiger partial charge < -0.3 is 5.11 Å². The molecule has 1 heterocycles. The molecule has 0 saturated carbocycles. The van der Waals surface area contributed by atoms with Gasteiger partial charge in [0.1, 0.15) is 6.10 Å².